The fourth-order valence-corrected chi connectivity index (χ4v) is 3.25. The van der Waals surface area contributed by atoms with Gasteiger partial charge in [0.25, 0.3) is 5.91 Å². The molecule has 0 N–H and O–H groups in total. The summed E-state index contributed by atoms with van der Waals surface area (Å²) < 4.78 is 11.1. The third-order valence-corrected chi connectivity index (χ3v) is 4.93. The summed E-state index contributed by atoms with van der Waals surface area (Å²) in [6, 6.07) is 17.2. The van der Waals surface area contributed by atoms with Gasteiger partial charge in [0.1, 0.15) is 12.4 Å². The maximum atomic E-state index is 12.9. The van der Waals surface area contributed by atoms with E-state index in [-0.39, 0.29) is 12.0 Å². The van der Waals surface area contributed by atoms with E-state index in [1.54, 1.807) is 21.9 Å². The van der Waals surface area contributed by atoms with Crippen molar-refractivity contribution in [2.24, 2.45) is 5.92 Å². The normalized spacial score (nSPS) is 14.4. The van der Waals surface area contributed by atoms with Crippen LogP contribution in [0.15, 0.2) is 54.6 Å². The molecular formula is C24H30N2O4. The number of nitrogens with zero attached hydrogens (tertiary/aromatic N) is 2. The molecule has 0 spiro atoms. The minimum Gasteiger partial charge on any atom is -0.489 e. The van der Waals surface area contributed by atoms with Crippen molar-refractivity contribution in [3.05, 3.63) is 65.7 Å². The zero-order valence-corrected chi connectivity index (χ0v) is 17.8. The van der Waals surface area contributed by atoms with Crippen molar-refractivity contribution in [2.75, 3.05) is 32.8 Å². The minimum absolute atomic E-state index is 0.0259. The van der Waals surface area contributed by atoms with E-state index in [0.29, 0.717) is 50.9 Å². The Morgan fingerprint density at radius 2 is 1.57 bits per heavy atom. The van der Waals surface area contributed by atoms with Crippen LogP contribution in [0.5, 0.6) is 5.75 Å². The number of hydrogen-bond donors (Lipinski definition) is 0. The fourth-order valence-electron chi connectivity index (χ4n) is 3.25. The van der Waals surface area contributed by atoms with Crippen molar-refractivity contribution < 1.29 is 19.1 Å². The van der Waals surface area contributed by atoms with E-state index in [1.807, 2.05) is 56.3 Å². The van der Waals surface area contributed by atoms with Crippen LogP contribution in [0.25, 0.3) is 0 Å². The van der Waals surface area contributed by atoms with Crippen LogP contribution in [0.4, 0.5) is 4.79 Å². The van der Waals surface area contributed by atoms with E-state index in [9.17, 15) is 9.59 Å². The molecule has 1 saturated heterocycles. The Balaban J connectivity index is 1.51. The largest absolute Gasteiger partial charge is 0.489 e. The van der Waals surface area contributed by atoms with Crippen molar-refractivity contribution in [3.63, 3.8) is 0 Å². The average Bonchev–Trinajstić information content (AvgIpc) is 3.03. The molecule has 1 heterocycles. The second-order valence-electron chi connectivity index (χ2n) is 7.90. The first-order chi connectivity index (χ1) is 14.5. The summed E-state index contributed by atoms with van der Waals surface area (Å²) in [4.78, 5) is 28.6. The molecule has 0 atom stereocenters. The third-order valence-electron chi connectivity index (χ3n) is 4.93. The Hall–Kier alpha value is -3.02. The van der Waals surface area contributed by atoms with E-state index in [1.165, 1.54) is 0 Å². The first-order valence-electron chi connectivity index (χ1n) is 10.5. The summed E-state index contributed by atoms with van der Waals surface area (Å²) in [5, 5.41) is 0. The summed E-state index contributed by atoms with van der Waals surface area (Å²) in [6.45, 7) is 7.14. The van der Waals surface area contributed by atoms with Gasteiger partial charge in [-0.3, -0.25) is 4.79 Å². The molecule has 2 aromatic carbocycles. The highest BCUT2D eigenvalue weighted by Crippen LogP contribution is 2.17. The Kier molecular flexibility index (Phi) is 7.71. The Morgan fingerprint density at radius 1 is 0.900 bits per heavy atom. The number of amides is 2. The number of hydrogen-bond acceptors (Lipinski definition) is 4. The molecule has 1 aliphatic rings. The molecule has 0 radical (unpaired) electrons. The molecule has 1 aliphatic heterocycles. The zero-order valence-electron chi connectivity index (χ0n) is 17.8. The Bertz CT molecular complexity index is 821. The lowest BCUT2D eigenvalue weighted by molar-refractivity contribution is 0.0746. The van der Waals surface area contributed by atoms with Crippen molar-refractivity contribution in [3.8, 4) is 5.75 Å². The molecule has 0 unspecified atom stereocenters. The van der Waals surface area contributed by atoms with Crippen LogP contribution in [0.1, 0.15) is 36.2 Å². The highest BCUT2D eigenvalue weighted by atomic mass is 16.6. The van der Waals surface area contributed by atoms with Gasteiger partial charge in [-0.15, -0.1) is 0 Å². The lowest BCUT2D eigenvalue weighted by Gasteiger charge is -2.22. The first-order valence-corrected chi connectivity index (χ1v) is 10.5. The molecule has 0 bridgehead atoms. The topological polar surface area (TPSA) is 59.1 Å². The van der Waals surface area contributed by atoms with E-state index >= 15 is 0 Å². The maximum absolute atomic E-state index is 12.9. The van der Waals surface area contributed by atoms with Gasteiger partial charge in [0.2, 0.25) is 0 Å². The average molecular weight is 411 g/mol. The van der Waals surface area contributed by atoms with E-state index in [4.69, 9.17) is 9.47 Å². The summed E-state index contributed by atoms with van der Waals surface area (Å²) in [5.74, 6) is 1.01. The van der Waals surface area contributed by atoms with Crippen LogP contribution in [-0.4, -0.2) is 54.6 Å². The van der Waals surface area contributed by atoms with Gasteiger partial charge in [-0.2, -0.15) is 0 Å². The monoisotopic (exact) mass is 410 g/mol. The third kappa shape index (κ3) is 6.24. The van der Waals surface area contributed by atoms with E-state index in [0.717, 1.165) is 17.7 Å². The minimum atomic E-state index is -0.294. The van der Waals surface area contributed by atoms with Crippen LogP contribution in [-0.2, 0) is 11.3 Å². The molecule has 2 amide bonds. The van der Waals surface area contributed by atoms with Crippen LogP contribution in [0, 0.1) is 5.92 Å². The molecule has 30 heavy (non-hydrogen) atoms. The van der Waals surface area contributed by atoms with Gasteiger partial charge in [-0.1, -0.05) is 44.2 Å². The number of rotatable bonds is 6. The van der Waals surface area contributed by atoms with Crippen molar-refractivity contribution in [1.29, 1.82) is 0 Å². The van der Waals surface area contributed by atoms with Gasteiger partial charge >= 0.3 is 6.09 Å². The molecule has 6 nitrogen and oxygen atoms in total. The van der Waals surface area contributed by atoms with Gasteiger partial charge < -0.3 is 19.3 Å². The maximum Gasteiger partial charge on any atom is 0.409 e. The predicted octanol–water partition coefficient (Wildman–Crippen LogP) is 4.21. The SMILES string of the molecule is CC(C)COC(=O)N1CCCN(C(=O)c2ccc(OCc3ccccc3)cc2)CC1. The van der Waals surface area contributed by atoms with Gasteiger partial charge in [0.05, 0.1) is 6.61 Å². The number of carbonyl (C=O) groups excluding carboxylic acids is 2. The first kappa shape index (κ1) is 21.7. The fraction of sp³-hybridized carbons (Fsp3) is 0.417. The summed E-state index contributed by atoms with van der Waals surface area (Å²) in [7, 11) is 0. The number of benzene rings is 2. The van der Waals surface area contributed by atoms with Gasteiger partial charge in [0, 0.05) is 31.7 Å². The Morgan fingerprint density at radius 3 is 2.27 bits per heavy atom. The van der Waals surface area contributed by atoms with E-state index < -0.39 is 0 Å². The highest BCUT2D eigenvalue weighted by molar-refractivity contribution is 5.94. The highest BCUT2D eigenvalue weighted by Gasteiger charge is 2.23. The standard InChI is InChI=1S/C24H30N2O4/c1-19(2)17-30-24(28)26-14-6-13-25(15-16-26)23(27)21-9-11-22(12-10-21)29-18-20-7-4-3-5-8-20/h3-5,7-12,19H,6,13-18H2,1-2H3. The van der Waals surface area contributed by atoms with Gasteiger partial charge in [-0.25, -0.2) is 4.79 Å². The molecule has 0 aliphatic carbocycles. The molecule has 3 rings (SSSR count). The van der Waals surface area contributed by atoms with Crippen LogP contribution >= 0.6 is 0 Å². The molecular weight excluding hydrogens is 380 g/mol. The smallest absolute Gasteiger partial charge is 0.409 e. The number of ether oxygens (including phenoxy) is 2. The van der Waals surface area contributed by atoms with Gasteiger partial charge in [-0.05, 0) is 42.2 Å². The summed E-state index contributed by atoms with van der Waals surface area (Å²) in [5.41, 5.74) is 1.72. The molecule has 0 saturated carbocycles. The summed E-state index contributed by atoms with van der Waals surface area (Å²) >= 11 is 0. The summed E-state index contributed by atoms with van der Waals surface area (Å²) in [6.07, 6.45) is 0.443. The predicted molar refractivity (Wildman–Crippen MR) is 115 cm³/mol. The number of carbonyl (C=O) groups is 2. The molecule has 2 aromatic rings. The van der Waals surface area contributed by atoms with Crippen molar-refractivity contribution in [2.45, 2.75) is 26.9 Å². The van der Waals surface area contributed by atoms with E-state index in [2.05, 4.69) is 0 Å². The quantitative estimate of drug-likeness (QED) is 0.716. The van der Waals surface area contributed by atoms with Crippen LogP contribution in [0.3, 0.4) is 0 Å². The van der Waals surface area contributed by atoms with Crippen molar-refractivity contribution in [1.82, 2.24) is 9.80 Å². The molecule has 160 valence electrons. The second kappa shape index (κ2) is 10.7. The zero-order chi connectivity index (χ0) is 21.3. The van der Waals surface area contributed by atoms with Crippen LogP contribution < -0.4 is 4.74 Å². The molecule has 1 fully saturated rings. The second-order valence-corrected chi connectivity index (χ2v) is 7.90. The van der Waals surface area contributed by atoms with Crippen LogP contribution in [0.2, 0.25) is 0 Å². The lowest BCUT2D eigenvalue weighted by atomic mass is 10.2. The molecule has 0 aromatic heterocycles. The van der Waals surface area contributed by atoms with Crippen molar-refractivity contribution >= 4 is 12.0 Å². The lowest BCUT2D eigenvalue weighted by Crippen LogP contribution is -2.37. The molecule has 6 heteroatoms. The van der Waals surface area contributed by atoms with Gasteiger partial charge in [0.15, 0.2) is 0 Å². The Labute approximate surface area is 178 Å².